The number of hydrogen-bond donors (Lipinski definition) is 1. The Kier molecular flexibility index (Phi) is 5.21. The Bertz CT molecular complexity index is 795. The molecule has 4 nitrogen and oxygen atoms in total. The third-order valence-corrected chi connectivity index (χ3v) is 4.83. The standard InChI is InChI=1S/C18H21NO3S/c1-4-17(14-10-8-13(2)9-11-14)19-18(20)15-6-5-7-16(12-15)23(3,21)22/h5-12,17H,4H2,1-3H3,(H,19,20)/t17-/m0/s1. The predicted octanol–water partition coefficient (Wildman–Crippen LogP) is 3.28. The molecular weight excluding hydrogens is 310 g/mol. The molecule has 2 rings (SSSR count). The summed E-state index contributed by atoms with van der Waals surface area (Å²) >= 11 is 0. The Morgan fingerprint density at radius 3 is 2.35 bits per heavy atom. The van der Waals surface area contributed by atoms with Crippen molar-refractivity contribution in [2.24, 2.45) is 0 Å². The van der Waals surface area contributed by atoms with Crippen LogP contribution < -0.4 is 5.32 Å². The second-order valence-electron chi connectivity index (χ2n) is 5.64. The maximum Gasteiger partial charge on any atom is 0.251 e. The van der Waals surface area contributed by atoms with Crippen molar-refractivity contribution >= 4 is 15.7 Å². The number of aryl methyl sites for hydroxylation is 1. The number of rotatable bonds is 5. The minimum absolute atomic E-state index is 0.106. The van der Waals surface area contributed by atoms with Crippen LogP contribution in [0.3, 0.4) is 0 Å². The highest BCUT2D eigenvalue weighted by Gasteiger charge is 2.16. The maximum atomic E-state index is 12.4. The number of carbonyl (C=O) groups excluding carboxylic acids is 1. The van der Waals surface area contributed by atoms with Crippen molar-refractivity contribution in [3.8, 4) is 0 Å². The monoisotopic (exact) mass is 331 g/mol. The fraction of sp³-hybridized carbons (Fsp3) is 0.278. The molecule has 0 bridgehead atoms. The summed E-state index contributed by atoms with van der Waals surface area (Å²) in [5.74, 6) is -0.275. The van der Waals surface area contributed by atoms with Gasteiger partial charge in [0, 0.05) is 11.8 Å². The Balaban J connectivity index is 2.22. The van der Waals surface area contributed by atoms with Gasteiger partial charge >= 0.3 is 0 Å². The molecule has 0 aliphatic heterocycles. The van der Waals surface area contributed by atoms with Crippen LogP contribution in [0.15, 0.2) is 53.4 Å². The molecule has 2 aromatic carbocycles. The molecule has 0 aliphatic rings. The van der Waals surface area contributed by atoms with Gasteiger partial charge in [0.2, 0.25) is 0 Å². The fourth-order valence-electron chi connectivity index (χ4n) is 2.33. The second kappa shape index (κ2) is 6.96. The highest BCUT2D eigenvalue weighted by molar-refractivity contribution is 7.90. The van der Waals surface area contributed by atoms with Crippen LogP contribution in [-0.2, 0) is 9.84 Å². The maximum absolute atomic E-state index is 12.4. The van der Waals surface area contributed by atoms with Gasteiger partial charge in [-0.3, -0.25) is 4.79 Å². The van der Waals surface area contributed by atoms with Crippen molar-refractivity contribution in [1.29, 1.82) is 0 Å². The average molecular weight is 331 g/mol. The van der Waals surface area contributed by atoms with Crippen molar-refractivity contribution in [2.75, 3.05) is 6.26 Å². The SMILES string of the molecule is CC[C@H](NC(=O)c1cccc(S(C)(=O)=O)c1)c1ccc(C)cc1. The van der Waals surface area contributed by atoms with Crippen LogP contribution in [0, 0.1) is 6.92 Å². The second-order valence-corrected chi connectivity index (χ2v) is 7.66. The minimum atomic E-state index is -3.33. The lowest BCUT2D eigenvalue weighted by molar-refractivity contribution is 0.0935. The molecule has 1 N–H and O–H groups in total. The zero-order valence-electron chi connectivity index (χ0n) is 13.5. The lowest BCUT2D eigenvalue weighted by atomic mass is 10.0. The van der Waals surface area contributed by atoms with Gasteiger partial charge in [0.05, 0.1) is 10.9 Å². The van der Waals surface area contributed by atoms with Gasteiger partial charge < -0.3 is 5.32 Å². The van der Waals surface area contributed by atoms with Gasteiger partial charge in [0.25, 0.3) is 5.91 Å². The van der Waals surface area contributed by atoms with E-state index in [0.717, 1.165) is 23.8 Å². The number of benzene rings is 2. The lowest BCUT2D eigenvalue weighted by Crippen LogP contribution is -2.28. The summed E-state index contributed by atoms with van der Waals surface area (Å²) in [6.07, 6.45) is 1.88. The van der Waals surface area contributed by atoms with Crippen molar-refractivity contribution in [2.45, 2.75) is 31.2 Å². The molecule has 0 saturated heterocycles. The van der Waals surface area contributed by atoms with E-state index < -0.39 is 9.84 Å². The van der Waals surface area contributed by atoms with Gasteiger partial charge in [0.1, 0.15) is 0 Å². The first-order valence-electron chi connectivity index (χ1n) is 7.49. The van der Waals surface area contributed by atoms with Gasteiger partial charge in [-0.1, -0.05) is 42.8 Å². The summed E-state index contributed by atoms with van der Waals surface area (Å²) < 4.78 is 23.2. The Morgan fingerprint density at radius 2 is 1.78 bits per heavy atom. The molecule has 5 heteroatoms. The van der Waals surface area contributed by atoms with Crippen molar-refractivity contribution in [1.82, 2.24) is 5.32 Å². The lowest BCUT2D eigenvalue weighted by Gasteiger charge is -2.18. The van der Waals surface area contributed by atoms with Crippen LogP contribution >= 0.6 is 0 Å². The molecule has 0 radical (unpaired) electrons. The molecule has 0 aromatic heterocycles. The van der Waals surface area contributed by atoms with E-state index in [2.05, 4.69) is 5.32 Å². The first kappa shape index (κ1) is 17.2. The largest absolute Gasteiger partial charge is 0.345 e. The van der Waals surface area contributed by atoms with Crippen LogP contribution in [-0.4, -0.2) is 20.6 Å². The molecular formula is C18H21NO3S. The van der Waals surface area contributed by atoms with Gasteiger partial charge in [-0.2, -0.15) is 0 Å². The quantitative estimate of drug-likeness (QED) is 0.914. The van der Waals surface area contributed by atoms with E-state index in [1.165, 1.54) is 12.1 Å². The Labute approximate surface area is 137 Å². The van der Waals surface area contributed by atoms with Gasteiger partial charge in [-0.15, -0.1) is 0 Å². The number of carbonyl (C=O) groups is 1. The smallest absolute Gasteiger partial charge is 0.251 e. The van der Waals surface area contributed by atoms with Crippen LogP contribution in [0.25, 0.3) is 0 Å². The highest BCUT2D eigenvalue weighted by Crippen LogP contribution is 2.18. The van der Waals surface area contributed by atoms with Crippen LogP contribution in [0.1, 0.15) is 40.9 Å². The summed E-state index contributed by atoms with van der Waals surface area (Å²) in [5, 5.41) is 2.96. The summed E-state index contributed by atoms with van der Waals surface area (Å²) in [6.45, 7) is 4.01. The van der Waals surface area contributed by atoms with Crippen molar-refractivity contribution < 1.29 is 13.2 Å². The first-order chi connectivity index (χ1) is 10.8. The van der Waals surface area contributed by atoms with E-state index in [1.807, 2.05) is 38.1 Å². The Morgan fingerprint density at radius 1 is 1.13 bits per heavy atom. The summed E-state index contributed by atoms with van der Waals surface area (Å²) in [5.41, 5.74) is 2.54. The predicted molar refractivity (Wildman–Crippen MR) is 91.2 cm³/mol. The van der Waals surface area contributed by atoms with Gasteiger partial charge in [-0.25, -0.2) is 8.42 Å². The molecule has 0 unspecified atom stereocenters. The minimum Gasteiger partial charge on any atom is -0.345 e. The molecule has 0 spiro atoms. The number of amides is 1. The van der Waals surface area contributed by atoms with Crippen LogP contribution in [0.2, 0.25) is 0 Å². The van der Waals surface area contributed by atoms with E-state index >= 15 is 0 Å². The summed E-state index contributed by atoms with van der Waals surface area (Å²) in [6, 6.07) is 14.0. The first-order valence-corrected chi connectivity index (χ1v) is 9.38. The summed E-state index contributed by atoms with van der Waals surface area (Å²) in [4.78, 5) is 12.6. The third-order valence-electron chi connectivity index (χ3n) is 3.72. The topological polar surface area (TPSA) is 63.2 Å². The molecule has 23 heavy (non-hydrogen) atoms. The molecule has 1 amide bonds. The number of sulfone groups is 1. The molecule has 0 saturated carbocycles. The molecule has 2 aromatic rings. The van der Waals surface area contributed by atoms with E-state index in [1.54, 1.807) is 12.1 Å². The summed E-state index contributed by atoms with van der Waals surface area (Å²) in [7, 11) is -3.33. The van der Waals surface area contributed by atoms with E-state index in [-0.39, 0.29) is 16.8 Å². The van der Waals surface area contributed by atoms with E-state index in [4.69, 9.17) is 0 Å². The van der Waals surface area contributed by atoms with Crippen LogP contribution in [0.5, 0.6) is 0 Å². The Hall–Kier alpha value is -2.14. The number of nitrogens with one attached hydrogen (secondary N) is 1. The molecule has 122 valence electrons. The van der Waals surface area contributed by atoms with E-state index in [0.29, 0.717) is 5.56 Å². The van der Waals surface area contributed by atoms with Crippen molar-refractivity contribution in [3.63, 3.8) is 0 Å². The molecule has 0 aliphatic carbocycles. The molecule has 0 heterocycles. The number of hydrogen-bond acceptors (Lipinski definition) is 3. The molecule has 0 fully saturated rings. The highest BCUT2D eigenvalue weighted by atomic mass is 32.2. The zero-order chi connectivity index (χ0) is 17.0. The zero-order valence-corrected chi connectivity index (χ0v) is 14.4. The molecule has 1 atom stereocenters. The fourth-order valence-corrected chi connectivity index (χ4v) is 3.00. The van der Waals surface area contributed by atoms with E-state index in [9.17, 15) is 13.2 Å². The van der Waals surface area contributed by atoms with Crippen molar-refractivity contribution in [3.05, 3.63) is 65.2 Å². The van der Waals surface area contributed by atoms with Crippen LogP contribution in [0.4, 0.5) is 0 Å². The third kappa shape index (κ3) is 4.42. The van der Waals surface area contributed by atoms with Gasteiger partial charge in [0.15, 0.2) is 9.84 Å². The average Bonchev–Trinajstić information content (AvgIpc) is 2.52. The normalized spacial score (nSPS) is 12.7. The van der Waals surface area contributed by atoms with Gasteiger partial charge in [-0.05, 0) is 37.1 Å².